The molecule has 0 fully saturated rings. The van der Waals surface area contributed by atoms with E-state index in [4.69, 9.17) is 9.47 Å². The largest absolute Gasteiger partial charge is 0.489 e. The van der Waals surface area contributed by atoms with E-state index in [-0.39, 0.29) is 6.10 Å². The van der Waals surface area contributed by atoms with Crippen molar-refractivity contribution in [1.29, 1.82) is 0 Å². The summed E-state index contributed by atoms with van der Waals surface area (Å²) < 4.78 is 11.3. The Morgan fingerprint density at radius 3 is 3.21 bits per heavy atom. The van der Waals surface area contributed by atoms with Crippen molar-refractivity contribution in [2.24, 2.45) is 0 Å². The van der Waals surface area contributed by atoms with E-state index >= 15 is 0 Å². The third kappa shape index (κ3) is 1.74. The Morgan fingerprint density at radius 1 is 1.57 bits per heavy atom. The number of fused-ring (bicyclic) bond motifs is 5. The number of allylic oxidation sites excluding steroid dienone is 1. The molecule has 1 unspecified atom stereocenters. The van der Waals surface area contributed by atoms with Gasteiger partial charge < -0.3 is 9.47 Å². The topological polar surface area (TPSA) is 18.5 Å². The van der Waals surface area contributed by atoms with Crippen LogP contribution in [0.15, 0.2) is 30.9 Å². The summed E-state index contributed by atoms with van der Waals surface area (Å²) in [4.78, 5) is 0. The van der Waals surface area contributed by atoms with Gasteiger partial charge in [-0.2, -0.15) is 0 Å². The molecule has 0 N–H and O–H groups in total. The van der Waals surface area contributed by atoms with Crippen molar-refractivity contribution in [1.82, 2.24) is 0 Å². The number of hydrogen-bond acceptors (Lipinski definition) is 2. The SMILES string of the molecule is C=CCc1cc2ccc1OCC(C)O2. The highest BCUT2D eigenvalue weighted by Crippen LogP contribution is 2.28. The van der Waals surface area contributed by atoms with Crippen molar-refractivity contribution in [3.05, 3.63) is 36.4 Å². The maximum absolute atomic E-state index is 5.64. The second-order valence-electron chi connectivity index (χ2n) is 3.50. The molecule has 0 aliphatic carbocycles. The summed E-state index contributed by atoms with van der Waals surface area (Å²) in [6, 6.07) is 5.92. The van der Waals surface area contributed by atoms with E-state index in [2.05, 4.69) is 6.58 Å². The summed E-state index contributed by atoms with van der Waals surface area (Å²) in [5.74, 6) is 1.87. The maximum Gasteiger partial charge on any atom is 0.130 e. The molecule has 1 aromatic rings. The standard InChI is InChI=1S/C12H14O2/c1-3-4-10-7-11-5-6-12(10)13-8-9(2)14-11/h3,5-7,9H,1,4,8H2,2H3. The summed E-state index contributed by atoms with van der Waals surface area (Å²) >= 11 is 0. The zero-order valence-electron chi connectivity index (χ0n) is 8.32. The second-order valence-corrected chi connectivity index (χ2v) is 3.50. The van der Waals surface area contributed by atoms with Crippen molar-refractivity contribution >= 4 is 0 Å². The van der Waals surface area contributed by atoms with Gasteiger partial charge in [-0.05, 0) is 31.5 Å². The summed E-state index contributed by atoms with van der Waals surface area (Å²) in [6.07, 6.45) is 2.81. The lowest BCUT2D eigenvalue weighted by atomic mass is 10.1. The molecule has 1 aromatic carbocycles. The minimum Gasteiger partial charge on any atom is -0.489 e. The van der Waals surface area contributed by atoms with E-state index in [9.17, 15) is 0 Å². The van der Waals surface area contributed by atoms with Crippen LogP contribution in [0.4, 0.5) is 0 Å². The second kappa shape index (κ2) is 3.74. The van der Waals surface area contributed by atoms with Gasteiger partial charge in [0.05, 0.1) is 0 Å². The van der Waals surface area contributed by atoms with Crippen LogP contribution >= 0.6 is 0 Å². The molecule has 3 rings (SSSR count). The van der Waals surface area contributed by atoms with Gasteiger partial charge in [-0.3, -0.25) is 0 Å². The molecule has 0 amide bonds. The van der Waals surface area contributed by atoms with Gasteiger partial charge in [0.1, 0.15) is 24.2 Å². The quantitative estimate of drug-likeness (QED) is 0.667. The molecular weight excluding hydrogens is 176 g/mol. The van der Waals surface area contributed by atoms with Gasteiger partial charge in [0.15, 0.2) is 0 Å². The van der Waals surface area contributed by atoms with Gasteiger partial charge in [0.25, 0.3) is 0 Å². The Kier molecular flexibility index (Phi) is 2.44. The van der Waals surface area contributed by atoms with E-state index in [0.29, 0.717) is 6.61 Å². The Bertz CT molecular complexity index is 344. The average molecular weight is 190 g/mol. The number of ether oxygens (including phenoxy) is 2. The number of hydrogen-bond donors (Lipinski definition) is 0. The monoisotopic (exact) mass is 190 g/mol. The molecular formula is C12H14O2. The van der Waals surface area contributed by atoms with Gasteiger partial charge in [-0.25, -0.2) is 0 Å². The van der Waals surface area contributed by atoms with E-state index in [1.165, 1.54) is 0 Å². The Hall–Kier alpha value is -1.44. The molecule has 0 radical (unpaired) electrons. The fourth-order valence-electron chi connectivity index (χ4n) is 1.56. The first kappa shape index (κ1) is 9.13. The zero-order valence-corrected chi connectivity index (χ0v) is 8.32. The lowest BCUT2D eigenvalue weighted by molar-refractivity contribution is 0.136. The predicted molar refractivity (Wildman–Crippen MR) is 55.9 cm³/mol. The molecule has 2 heteroatoms. The van der Waals surface area contributed by atoms with E-state index < -0.39 is 0 Å². The number of rotatable bonds is 2. The van der Waals surface area contributed by atoms with Crippen LogP contribution in [0.5, 0.6) is 11.5 Å². The van der Waals surface area contributed by atoms with E-state index in [1.807, 2.05) is 31.2 Å². The molecule has 0 aromatic heterocycles. The van der Waals surface area contributed by atoms with E-state index in [0.717, 1.165) is 23.5 Å². The van der Waals surface area contributed by atoms with Crippen LogP contribution in [-0.4, -0.2) is 12.7 Å². The van der Waals surface area contributed by atoms with Gasteiger partial charge in [0.2, 0.25) is 0 Å². The first-order chi connectivity index (χ1) is 6.79. The predicted octanol–water partition coefficient (Wildman–Crippen LogP) is 2.57. The van der Waals surface area contributed by atoms with Crippen molar-refractivity contribution in [3.8, 4) is 11.5 Å². The summed E-state index contributed by atoms with van der Waals surface area (Å²) in [6.45, 7) is 6.34. The van der Waals surface area contributed by atoms with E-state index in [1.54, 1.807) is 0 Å². The first-order valence-electron chi connectivity index (χ1n) is 4.83. The summed E-state index contributed by atoms with van der Waals surface area (Å²) in [5.41, 5.74) is 1.14. The zero-order chi connectivity index (χ0) is 9.97. The van der Waals surface area contributed by atoms with Crippen molar-refractivity contribution in [2.75, 3.05) is 6.61 Å². The third-order valence-corrected chi connectivity index (χ3v) is 2.21. The highest BCUT2D eigenvalue weighted by atomic mass is 16.5. The van der Waals surface area contributed by atoms with Crippen LogP contribution in [0.3, 0.4) is 0 Å². The molecule has 2 bridgehead atoms. The molecule has 0 spiro atoms. The first-order valence-corrected chi connectivity index (χ1v) is 4.83. The lowest BCUT2D eigenvalue weighted by Gasteiger charge is -2.21. The summed E-state index contributed by atoms with van der Waals surface area (Å²) in [7, 11) is 0. The molecule has 2 aliphatic rings. The van der Waals surface area contributed by atoms with Crippen LogP contribution in [0.1, 0.15) is 12.5 Å². The molecule has 74 valence electrons. The molecule has 0 saturated heterocycles. The van der Waals surface area contributed by atoms with Crippen LogP contribution < -0.4 is 9.47 Å². The van der Waals surface area contributed by atoms with Gasteiger partial charge in [0, 0.05) is 5.56 Å². The number of benzene rings is 1. The summed E-state index contributed by atoms with van der Waals surface area (Å²) in [5, 5.41) is 0. The van der Waals surface area contributed by atoms with Gasteiger partial charge in [-0.1, -0.05) is 6.08 Å². The highest BCUT2D eigenvalue weighted by molar-refractivity contribution is 5.42. The molecule has 1 atom stereocenters. The Labute approximate surface area is 84.2 Å². The molecule has 14 heavy (non-hydrogen) atoms. The van der Waals surface area contributed by atoms with Gasteiger partial charge in [-0.15, -0.1) is 6.58 Å². The van der Waals surface area contributed by atoms with Crippen molar-refractivity contribution in [3.63, 3.8) is 0 Å². The third-order valence-electron chi connectivity index (χ3n) is 2.21. The van der Waals surface area contributed by atoms with Crippen LogP contribution in [0, 0.1) is 0 Å². The highest BCUT2D eigenvalue weighted by Gasteiger charge is 2.13. The molecule has 2 heterocycles. The van der Waals surface area contributed by atoms with Crippen LogP contribution in [0.25, 0.3) is 0 Å². The van der Waals surface area contributed by atoms with Crippen molar-refractivity contribution in [2.45, 2.75) is 19.4 Å². The Morgan fingerprint density at radius 2 is 2.43 bits per heavy atom. The average Bonchev–Trinajstić information content (AvgIpc) is 2.13. The minimum atomic E-state index is 0.117. The lowest BCUT2D eigenvalue weighted by Crippen LogP contribution is -2.23. The van der Waals surface area contributed by atoms with Gasteiger partial charge >= 0.3 is 0 Å². The normalized spacial score (nSPS) is 19.1. The van der Waals surface area contributed by atoms with Crippen molar-refractivity contribution < 1.29 is 9.47 Å². The molecule has 2 aliphatic heterocycles. The fourth-order valence-corrected chi connectivity index (χ4v) is 1.56. The van der Waals surface area contributed by atoms with Crippen LogP contribution in [0.2, 0.25) is 0 Å². The maximum atomic E-state index is 5.64. The fraction of sp³-hybridized carbons (Fsp3) is 0.333. The minimum absolute atomic E-state index is 0.117. The molecule has 0 saturated carbocycles. The smallest absolute Gasteiger partial charge is 0.130 e. The van der Waals surface area contributed by atoms with Crippen LogP contribution in [-0.2, 0) is 6.42 Å². The molecule has 2 nitrogen and oxygen atoms in total. The Balaban J connectivity index is 2.36.